The molecule has 112 heavy (non-hydrogen) atoms. The van der Waals surface area contributed by atoms with Crippen LogP contribution in [0.15, 0.2) is 400 Å². The fraction of sp³-hybridized carbons (Fsp3) is 0. The van der Waals surface area contributed by atoms with Crippen molar-refractivity contribution in [1.82, 2.24) is 48.2 Å². The van der Waals surface area contributed by atoms with E-state index >= 15 is 0 Å². The lowest BCUT2D eigenvalue weighted by Gasteiger charge is -2.12. The lowest BCUT2D eigenvalue weighted by molar-refractivity contribution is 1.07. The van der Waals surface area contributed by atoms with Gasteiger partial charge in [0.25, 0.3) is 0 Å². The summed E-state index contributed by atoms with van der Waals surface area (Å²) in [5, 5.41) is 9.74. The van der Waals surface area contributed by atoms with Gasteiger partial charge in [-0.25, -0.2) is 29.9 Å². The highest BCUT2D eigenvalue weighted by molar-refractivity contribution is 6.21. The summed E-state index contributed by atoms with van der Waals surface area (Å²) in [4.78, 5) is 30.2. The van der Waals surface area contributed by atoms with Gasteiger partial charge in [0.15, 0.2) is 34.9 Å². The minimum atomic E-state index is 0.621. The van der Waals surface area contributed by atoms with Gasteiger partial charge in [-0.05, 0) is 119 Å². The van der Waals surface area contributed by atoms with E-state index in [2.05, 4.69) is 322 Å². The van der Waals surface area contributed by atoms with Gasteiger partial charge in [0.1, 0.15) is 0 Å². The van der Waals surface area contributed by atoms with Crippen molar-refractivity contribution in [2.45, 2.75) is 0 Å². The van der Waals surface area contributed by atoms with Gasteiger partial charge in [0.2, 0.25) is 0 Å². The Morgan fingerprint density at radius 2 is 0.357 bits per heavy atom. The normalized spacial score (nSPS) is 11.6. The molecule has 0 radical (unpaired) electrons. The van der Waals surface area contributed by atoms with Crippen molar-refractivity contribution in [3.8, 4) is 113 Å². The summed E-state index contributed by atoms with van der Waals surface area (Å²) in [6, 6.07) is 141. The maximum Gasteiger partial charge on any atom is 0.164 e. The van der Waals surface area contributed by atoms with E-state index in [9.17, 15) is 0 Å². The number of aromatic nitrogens is 10. The quantitative estimate of drug-likeness (QED) is 0.121. The predicted octanol–water partition coefficient (Wildman–Crippen LogP) is 25.5. The van der Waals surface area contributed by atoms with Gasteiger partial charge in [-0.3, -0.25) is 0 Å². The summed E-state index contributed by atoms with van der Waals surface area (Å²) >= 11 is 0. The highest BCUT2D eigenvalue weighted by Crippen LogP contribution is 2.44. The Balaban J connectivity index is 0.000000141. The largest absolute Gasteiger partial charge is 0.309 e. The molecule has 0 spiro atoms. The van der Waals surface area contributed by atoms with E-state index in [1.165, 1.54) is 70.8 Å². The second-order valence-corrected chi connectivity index (χ2v) is 28.2. The fourth-order valence-electron chi connectivity index (χ4n) is 16.3. The summed E-state index contributed by atoms with van der Waals surface area (Å²) in [6.07, 6.45) is 0. The van der Waals surface area contributed by atoms with E-state index in [4.69, 9.17) is 29.9 Å². The van der Waals surface area contributed by atoms with Crippen LogP contribution in [0, 0.1) is 0 Å². The molecular formula is C102H66N10. The van der Waals surface area contributed by atoms with E-state index < -0.39 is 0 Å². The topological polar surface area (TPSA) is 97.1 Å². The first-order chi connectivity index (χ1) is 55.5. The standard InChI is InChI=1S/2C51H33N5/c1-5-16-34(17-6-1)37-28-29-42-44-32-43-41-26-13-14-27-45(41)56(48(43)33-47(44)55(46(42)31-37)39-23-11-4-12-24-39)40-25-15-22-38(30-40)51-53-49(35-18-7-2-8-19-35)52-50(54-51)36-20-9-3-10-21-36;1-4-15-34(16-5-1)35-27-29-37(30-28-35)50-52-49(36-17-6-2-7-18-36)53-51(54-50)38-19-14-22-40(31-38)56-46-26-13-11-24-42(46)44-32-43-41-23-10-12-25-45(41)55(47(43)33-48(44)56)39-20-8-3-9-21-39/h2*1-33H. The summed E-state index contributed by atoms with van der Waals surface area (Å²) < 4.78 is 9.55. The van der Waals surface area contributed by atoms with Crippen LogP contribution in [0.25, 0.3) is 201 Å². The van der Waals surface area contributed by atoms with Gasteiger partial charge in [-0.1, -0.05) is 303 Å². The van der Waals surface area contributed by atoms with E-state index in [1.807, 2.05) is 97.1 Å². The molecule has 524 valence electrons. The molecule has 0 saturated carbocycles. The average Bonchev–Trinajstić information content (AvgIpc) is 1.54. The number of fused-ring (bicyclic) bond motifs is 12. The van der Waals surface area contributed by atoms with Crippen molar-refractivity contribution in [3.63, 3.8) is 0 Å². The molecule has 6 heterocycles. The monoisotopic (exact) mass is 1430 g/mol. The summed E-state index contributed by atoms with van der Waals surface area (Å²) in [5.41, 5.74) is 23.9. The van der Waals surface area contributed by atoms with Gasteiger partial charge in [-0.15, -0.1) is 0 Å². The second-order valence-electron chi connectivity index (χ2n) is 28.2. The van der Waals surface area contributed by atoms with Gasteiger partial charge in [0.05, 0.1) is 44.1 Å². The van der Waals surface area contributed by atoms with Crippen molar-refractivity contribution in [3.05, 3.63) is 400 Å². The van der Waals surface area contributed by atoms with Crippen molar-refractivity contribution < 1.29 is 0 Å². The molecule has 0 N–H and O–H groups in total. The van der Waals surface area contributed by atoms with Gasteiger partial charge >= 0.3 is 0 Å². The SMILES string of the molecule is c1ccc(-c2ccc(-c3nc(-c4ccccc4)nc(-c4cccc(-n5c6ccccc6c6cc7c8ccccc8n(-c8ccccc8)c7cc65)c4)n3)cc2)cc1.c1ccc(-c2ccc3c4cc5c6ccccc6n(-c6cccc(-c7nc(-c8ccccc8)nc(-c8ccccc8)n7)c6)c5cc4n(-c4ccccc4)c3c2)cc1. The molecule has 0 fully saturated rings. The molecule has 10 nitrogen and oxygen atoms in total. The van der Waals surface area contributed by atoms with Crippen molar-refractivity contribution in [1.29, 1.82) is 0 Å². The fourth-order valence-corrected chi connectivity index (χ4v) is 16.3. The van der Waals surface area contributed by atoms with E-state index in [1.54, 1.807) is 0 Å². The first kappa shape index (κ1) is 65.1. The Morgan fingerprint density at radius 1 is 0.125 bits per heavy atom. The zero-order valence-corrected chi connectivity index (χ0v) is 60.6. The molecule has 22 aromatic rings. The van der Waals surface area contributed by atoms with Crippen LogP contribution in [0.3, 0.4) is 0 Å². The van der Waals surface area contributed by atoms with Gasteiger partial charge in [0, 0.05) is 99.2 Å². The van der Waals surface area contributed by atoms with Crippen LogP contribution >= 0.6 is 0 Å². The molecule has 0 atom stereocenters. The van der Waals surface area contributed by atoms with Crippen LogP contribution in [0.4, 0.5) is 0 Å². The van der Waals surface area contributed by atoms with Crippen molar-refractivity contribution >= 4 is 87.2 Å². The predicted molar refractivity (Wildman–Crippen MR) is 460 cm³/mol. The van der Waals surface area contributed by atoms with Crippen LogP contribution < -0.4 is 0 Å². The third kappa shape index (κ3) is 11.5. The van der Waals surface area contributed by atoms with Crippen LogP contribution in [0.1, 0.15) is 0 Å². The average molecular weight is 1430 g/mol. The molecule has 0 saturated heterocycles. The van der Waals surface area contributed by atoms with E-state index in [-0.39, 0.29) is 0 Å². The van der Waals surface area contributed by atoms with Crippen LogP contribution in [-0.4, -0.2) is 48.2 Å². The first-order valence-electron chi connectivity index (χ1n) is 37.7. The van der Waals surface area contributed by atoms with Gasteiger partial charge < -0.3 is 18.3 Å². The molecule has 6 aromatic heterocycles. The third-order valence-electron chi connectivity index (χ3n) is 21.5. The second kappa shape index (κ2) is 27.5. The Bertz CT molecular complexity index is 7260. The lowest BCUT2D eigenvalue weighted by atomic mass is 10.0. The number of nitrogens with zero attached hydrogens (tertiary/aromatic N) is 10. The molecule has 0 amide bonds. The Kier molecular flexibility index (Phi) is 16.0. The first-order valence-corrected chi connectivity index (χ1v) is 37.7. The van der Waals surface area contributed by atoms with E-state index in [0.717, 1.165) is 94.8 Å². The zero-order valence-electron chi connectivity index (χ0n) is 60.6. The van der Waals surface area contributed by atoms with Gasteiger partial charge in [-0.2, -0.15) is 0 Å². The summed E-state index contributed by atoms with van der Waals surface area (Å²) in [5.74, 6) is 3.80. The number of para-hydroxylation sites is 5. The molecule has 0 aliphatic rings. The highest BCUT2D eigenvalue weighted by atomic mass is 15.1. The number of rotatable bonds is 12. The zero-order chi connectivity index (χ0) is 74.0. The lowest BCUT2D eigenvalue weighted by Crippen LogP contribution is -2.01. The van der Waals surface area contributed by atoms with E-state index in [0.29, 0.717) is 34.9 Å². The van der Waals surface area contributed by atoms with Crippen LogP contribution in [-0.2, 0) is 0 Å². The van der Waals surface area contributed by atoms with Crippen molar-refractivity contribution in [2.24, 2.45) is 0 Å². The Labute approximate surface area is 645 Å². The molecule has 0 aliphatic heterocycles. The molecular weight excluding hydrogens is 1370 g/mol. The minimum Gasteiger partial charge on any atom is -0.309 e. The smallest absolute Gasteiger partial charge is 0.164 e. The summed E-state index contributed by atoms with van der Waals surface area (Å²) in [6.45, 7) is 0. The molecule has 22 rings (SSSR count). The molecule has 0 bridgehead atoms. The van der Waals surface area contributed by atoms with Crippen LogP contribution in [0.2, 0.25) is 0 Å². The molecule has 16 aromatic carbocycles. The maximum absolute atomic E-state index is 5.12. The minimum absolute atomic E-state index is 0.621. The number of hydrogen-bond acceptors (Lipinski definition) is 6. The number of benzene rings is 16. The Morgan fingerprint density at radius 3 is 0.732 bits per heavy atom. The third-order valence-corrected chi connectivity index (χ3v) is 21.5. The molecule has 10 heteroatoms. The molecule has 0 unspecified atom stereocenters. The summed E-state index contributed by atoms with van der Waals surface area (Å²) in [7, 11) is 0. The Hall–Kier alpha value is -15.3. The maximum atomic E-state index is 5.12. The van der Waals surface area contributed by atoms with Crippen LogP contribution in [0.5, 0.6) is 0 Å². The highest BCUT2D eigenvalue weighted by Gasteiger charge is 2.24. The van der Waals surface area contributed by atoms with Crippen molar-refractivity contribution in [2.75, 3.05) is 0 Å². The number of hydrogen-bond donors (Lipinski definition) is 0. The molecule has 0 aliphatic carbocycles.